The second-order valence-electron chi connectivity index (χ2n) is 5.81. The van der Waals surface area contributed by atoms with E-state index in [0.29, 0.717) is 6.04 Å². The molecule has 2 heteroatoms. The molecule has 0 saturated carbocycles. The molecule has 0 saturated heterocycles. The van der Waals surface area contributed by atoms with Gasteiger partial charge in [0.1, 0.15) is 0 Å². The molecule has 1 unspecified atom stereocenters. The largest absolute Gasteiger partial charge is 0.310 e. The topological polar surface area (TPSA) is 24.9 Å². The number of hydrogen-bond acceptors (Lipinski definition) is 2. The smallest absolute Gasteiger partial charge is 0.0702 e. The highest BCUT2D eigenvalue weighted by molar-refractivity contribution is 5.79. The third kappa shape index (κ3) is 2.70. The van der Waals surface area contributed by atoms with E-state index in [1.807, 2.05) is 12.3 Å². The zero-order chi connectivity index (χ0) is 13.2. The van der Waals surface area contributed by atoms with E-state index in [9.17, 15) is 0 Å². The van der Waals surface area contributed by atoms with E-state index in [0.717, 1.165) is 12.1 Å². The highest BCUT2D eigenvalue weighted by atomic mass is 14.9. The quantitative estimate of drug-likeness (QED) is 0.882. The molecule has 0 fully saturated rings. The van der Waals surface area contributed by atoms with Crippen LogP contribution in [-0.2, 0) is 0 Å². The van der Waals surface area contributed by atoms with Crippen molar-refractivity contribution in [2.75, 3.05) is 6.54 Å². The van der Waals surface area contributed by atoms with Crippen LogP contribution in [0.5, 0.6) is 0 Å². The van der Waals surface area contributed by atoms with E-state index in [1.165, 1.54) is 10.9 Å². The predicted molar refractivity (Wildman–Crippen MR) is 77.6 cm³/mol. The normalized spacial score (nSPS) is 13.8. The average molecular weight is 242 g/mol. The van der Waals surface area contributed by atoms with Gasteiger partial charge in [-0.3, -0.25) is 4.98 Å². The SMILES string of the molecule is CCNC(c1ccc2ncccc2c1)C(C)(C)C. The number of benzene rings is 1. The molecular weight excluding hydrogens is 220 g/mol. The van der Waals surface area contributed by atoms with Gasteiger partial charge < -0.3 is 5.32 Å². The Labute approximate surface area is 109 Å². The Kier molecular flexibility index (Phi) is 3.67. The molecule has 96 valence electrons. The number of rotatable bonds is 3. The molecule has 1 aromatic heterocycles. The third-order valence-electron chi connectivity index (χ3n) is 3.23. The number of hydrogen-bond donors (Lipinski definition) is 1. The van der Waals surface area contributed by atoms with Crippen LogP contribution < -0.4 is 5.32 Å². The monoisotopic (exact) mass is 242 g/mol. The highest BCUT2D eigenvalue weighted by Crippen LogP contribution is 2.33. The van der Waals surface area contributed by atoms with Crippen molar-refractivity contribution in [3.63, 3.8) is 0 Å². The molecule has 2 nitrogen and oxygen atoms in total. The zero-order valence-electron chi connectivity index (χ0n) is 11.7. The van der Waals surface area contributed by atoms with Crippen LogP contribution in [0.2, 0.25) is 0 Å². The van der Waals surface area contributed by atoms with E-state index in [2.05, 4.69) is 62.3 Å². The third-order valence-corrected chi connectivity index (χ3v) is 3.23. The van der Waals surface area contributed by atoms with Gasteiger partial charge in [0.15, 0.2) is 0 Å². The summed E-state index contributed by atoms with van der Waals surface area (Å²) in [5.74, 6) is 0. The summed E-state index contributed by atoms with van der Waals surface area (Å²) in [4.78, 5) is 4.37. The van der Waals surface area contributed by atoms with Gasteiger partial charge in [0, 0.05) is 17.6 Å². The molecule has 1 aromatic carbocycles. The maximum Gasteiger partial charge on any atom is 0.0702 e. The minimum absolute atomic E-state index is 0.200. The van der Waals surface area contributed by atoms with Crippen molar-refractivity contribution in [1.82, 2.24) is 10.3 Å². The first-order valence-corrected chi connectivity index (χ1v) is 6.60. The summed E-state index contributed by atoms with van der Waals surface area (Å²) < 4.78 is 0. The molecule has 0 amide bonds. The average Bonchev–Trinajstić information content (AvgIpc) is 2.34. The van der Waals surface area contributed by atoms with E-state index in [-0.39, 0.29) is 5.41 Å². The summed E-state index contributed by atoms with van der Waals surface area (Å²) in [6.45, 7) is 9.95. The molecule has 1 atom stereocenters. The Morgan fingerprint density at radius 3 is 2.67 bits per heavy atom. The molecule has 2 rings (SSSR count). The van der Waals surface area contributed by atoms with Crippen molar-refractivity contribution in [2.45, 2.75) is 33.7 Å². The molecule has 0 radical (unpaired) electrons. The second-order valence-corrected chi connectivity index (χ2v) is 5.81. The number of aromatic nitrogens is 1. The van der Waals surface area contributed by atoms with Gasteiger partial charge in [-0.1, -0.05) is 39.8 Å². The first kappa shape index (κ1) is 13.0. The lowest BCUT2D eigenvalue weighted by molar-refractivity contribution is 0.277. The maximum atomic E-state index is 4.37. The molecule has 0 spiro atoms. The van der Waals surface area contributed by atoms with Gasteiger partial charge >= 0.3 is 0 Å². The summed E-state index contributed by atoms with van der Waals surface area (Å²) in [5, 5.41) is 4.79. The highest BCUT2D eigenvalue weighted by Gasteiger charge is 2.25. The van der Waals surface area contributed by atoms with Crippen LogP contribution in [-0.4, -0.2) is 11.5 Å². The predicted octanol–water partition coefficient (Wildman–Crippen LogP) is 3.93. The van der Waals surface area contributed by atoms with Crippen molar-refractivity contribution < 1.29 is 0 Å². The van der Waals surface area contributed by atoms with Crippen LogP contribution in [0.25, 0.3) is 10.9 Å². The standard InChI is InChI=1S/C16H22N2/c1-5-17-15(16(2,3)4)13-8-9-14-12(11-13)7-6-10-18-14/h6-11,15,17H,5H2,1-4H3. The van der Waals surface area contributed by atoms with Crippen molar-refractivity contribution in [3.05, 3.63) is 42.1 Å². The zero-order valence-corrected chi connectivity index (χ0v) is 11.7. The number of nitrogens with one attached hydrogen (secondary N) is 1. The Hall–Kier alpha value is -1.41. The van der Waals surface area contributed by atoms with Crippen molar-refractivity contribution in [3.8, 4) is 0 Å². The fourth-order valence-corrected chi connectivity index (χ4v) is 2.40. The van der Waals surface area contributed by atoms with Gasteiger partial charge in [0.25, 0.3) is 0 Å². The lowest BCUT2D eigenvalue weighted by atomic mass is 9.82. The van der Waals surface area contributed by atoms with Crippen LogP contribution in [0.4, 0.5) is 0 Å². The summed E-state index contributed by atoms with van der Waals surface area (Å²) in [7, 11) is 0. The first-order chi connectivity index (χ1) is 8.52. The van der Waals surface area contributed by atoms with Crippen LogP contribution in [0.1, 0.15) is 39.3 Å². The molecule has 0 bridgehead atoms. The lowest BCUT2D eigenvalue weighted by Gasteiger charge is -2.32. The molecule has 1 N–H and O–H groups in total. The lowest BCUT2D eigenvalue weighted by Crippen LogP contribution is -2.32. The van der Waals surface area contributed by atoms with Crippen molar-refractivity contribution in [2.24, 2.45) is 5.41 Å². The second kappa shape index (κ2) is 5.07. The molecule has 0 aliphatic heterocycles. The summed E-state index contributed by atoms with van der Waals surface area (Å²) >= 11 is 0. The molecule has 18 heavy (non-hydrogen) atoms. The fourth-order valence-electron chi connectivity index (χ4n) is 2.40. The Balaban J connectivity index is 2.44. The first-order valence-electron chi connectivity index (χ1n) is 6.60. The van der Waals surface area contributed by atoms with Crippen molar-refractivity contribution in [1.29, 1.82) is 0 Å². The van der Waals surface area contributed by atoms with Gasteiger partial charge in [-0.2, -0.15) is 0 Å². The molecule has 0 aliphatic carbocycles. The molecule has 2 aromatic rings. The number of pyridine rings is 1. The van der Waals surface area contributed by atoms with E-state index in [4.69, 9.17) is 0 Å². The van der Waals surface area contributed by atoms with Crippen LogP contribution in [0, 0.1) is 5.41 Å². The molecule has 0 aliphatic rings. The Morgan fingerprint density at radius 1 is 1.22 bits per heavy atom. The van der Waals surface area contributed by atoms with Gasteiger partial charge in [0.05, 0.1) is 5.52 Å². The number of nitrogens with zero attached hydrogens (tertiary/aromatic N) is 1. The van der Waals surface area contributed by atoms with Crippen LogP contribution in [0.15, 0.2) is 36.5 Å². The van der Waals surface area contributed by atoms with Crippen LogP contribution in [0.3, 0.4) is 0 Å². The number of fused-ring (bicyclic) bond motifs is 1. The summed E-state index contributed by atoms with van der Waals surface area (Å²) in [5.41, 5.74) is 2.60. The Bertz CT molecular complexity index is 526. The van der Waals surface area contributed by atoms with E-state index < -0.39 is 0 Å². The minimum atomic E-state index is 0.200. The summed E-state index contributed by atoms with van der Waals surface area (Å²) in [6.07, 6.45) is 1.84. The minimum Gasteiger partial charge on any atom is -0.310 e. The Morgan fingerprint density at radius 2 is 2.00 bits per heavy atom. The van der Waals surface area contributed by atoms with E-state index in [1.54, 1.807) is 0 Å². The van der Waals surface area contributed by atoms with Gasteiger partial charge in [-0.05, 0) is 35.7 Å². The van der Waals surface area contributed by atoms with E-state index >= 15 is 0 Å². The fraction of sp³-hybridized carbons (Fsp3) is 0.438. The van der Waals surface area contributed by atoms with Crippen molar-refractivity contribution >= 4 is 10.9 Å². The van der Waals surface area contributed by atoms with Gasteiger partial charge in [-0.25, -0.2) is 0 Å². The van der Waals surface area contributed by atoms with Crippen LogP contribution >= 0.6 is 0 Å². The summed E-state index contributed by atoms with van der Waals surface area (Å²) in [6, 6.07) is 11.0. The maximum absolute atomic E-state index is 4.37. The molecular formula is C16H22N2. The van der Waals surface area contributed by atoms with Gasteiger partial charge in [-0.15, -0.1) is 0 Å². The molecule has 1 heterocycles. The van der Waals surface area contributed by atoms with Gasteiger partial charge in [0.2, 0.25) is 0 Å².